The highest BCUT2D eigenvalue weighted by atomic mass is 16.5. The van der Waals surface area contributed by atoms with E-state index in [0.717, 1.165) is 30.0 Å². The van der Waals surface area contributed by atoms with Gasteiger partial charge in [0.2, 0.25) is 11.8 Å². The van der Waals surface area contributed by atoms with Crippen molar-refractivity contribution in [3.05, 3.63) is 60.2 Å². The molecule has 3 rings (SSSR count). The van der Waals surface area contributed by atoms with E-state index >= 15 is 0 Å². The van der Waals surface area contributed by atoms with Crippen LogP contribution in [-0.4, -0.2) is 44.7 Å². The molecule has 0 spiro atoms. The molecule has 0 bridgehead atoms. The number of para-hydroxylation sites is 2. The second-order valence-electron chi connectivity index (χ2n) is 6.43. The predicted octanol–water partition coefficient (Wildman–Crippen LogP) is 2.21. The molecule has 0 radical (unpaired) electrons. The quantitative estimate of drug-likeness (QED) is 0.787. The Morgan fingerprint density at radius 1 is 0.926 bits per heavy atom. The number of amides is 2. The fraction of sp³-hybridized carbons (Fsp3) is 0.333. The van der Waals surface area contributed by atoms with Crippen LogP contribution in [0, 0.1) is 0 Å². The second kappa shape index (κ2) is 9.73. The molecule has 0 aliphatic carbocycles. The molecule has 1 saturated heterocycles. The molecule has 27 heavy (non-hydrogen) atoms. The first-order valence-electron chi connectivity index (χ1n) is 9.24. The van der Waals surface area contributed by atoms with Crippen molar-refractivity contribution < 1.29 is 14.3 Å². The Morgan fingerprint density at radius 2 is 1.63 bits per heavy atom. The topological polar surface area (TPSA) is 70.7 Å². The van der Waals surface area contributed by atoms with Gasteiger partial charge >= 0.3 is 0 Å². The predicted molar refractivity (Wildman–Crippen MR) is 106 cm³/mol. The number of benzene rings is 2. The molecule has 0 atom stereocenters. The summed E-state index contributed by atoms with van der Waals surface area (Å²) >= 11 is 0. The van der Waals surface area contributed by atoms with Crippen LogP contribution in [0.4, 0.5) is 11.4 Å². The summed E-state index contributed by atoms with van der Waals surface area (Å²) in [5.74, 6) is -0.196. The summed E-state index contributed by atoms with van der Waals surface area (Å²) < 4.78 is 5.39. The van der Waals surface area contributed by atoms with Crippen molar-refractivity contribution in [2.75, 3.05) is 43.1 Å². The van der Waals surface area contributed by atoms with Gasteiger partial charge in [-0.05, 0) is 17.7 Å². The van der Waals surface area contributed by atoms with Gasteiger partial charge in [0, 0.05) is 26.1 Å². The molecule has 2 aromatic rings. The fourth-order valence-electron chi connectivity index (χ4n) is 3.03. The number of morpholine rings is 1. The largest absolute Gasteiger partial charge is 0.378 e. The van der Waals surface area contributed by atoms with E-state index in [4.69, 9.17) is 4.74 Å². The molecule has 2 aromatic carbocycles. The lowest BCUT2D eigenvalue weighted by Crippen LogP contribution is -2.36. The van der Waals surface area contributed by atoms with E-state index in [0.29, 0.717) is 26.2 Å². The number of carbonyl (C=O) groups is 2. The summed E-state index contributed by atoms with van der Waals surface area (Å²) in [5, 5.41) is 5.76. The van der Waals surface area contributed by atoms with Crippen molar-refractivity contribution in [3.8, 4) is 0 Å². The van der Waals surface area contributed by atoms with Gasteiger partial charge in [-0.15, -0.1) is 0 Å². The molecule has 2 amide bonds. The van der Waals surface area contributed by atoms with Crippen LogP contribution in [0.25, 0.3) is 0 Å². The minimum absolute atomic E-state index is 0.0808. The number of hydrogen-bond acceptors (Lipinski definition) is 4. The average molecular weight is 367 g/mol. The summed E-state index contributed by atoms with van der Waals surface area (Å²) in [6.45, 7) is 3.31. The van der Waals surface area contributed by atoms with Crippen LogP contribution >= 0.6 is 0 Å². The SMILES string of the molecule is O=C(Cc1ccccc1)NCCC(=O)Nc1ccccc1N1CCOCC1. The van der Waals surface area contributed by atoms with Crippen LogP contribution in [0.3, 0.4) is 0 Å². The van der Waals surface area contributed by atoms with Gasteiger partial charge in [-0.3, -0.25) is 9.59 Å². The molecule has 1 aliphatic heterocycles. The lowest BCUT2D eigenvalue weighted by atomic mass is 10.1. The van der Waals surface area contributed by atoms with Crippen molar-refractivity contribution in [1.82, 2.24) is 5.32 Å². The van der Waals surface area contributed by atoms with Gasteiger partial charge in [0.15, 0.2) is 0 Å². The molecule has 6 heteroatoms. The Morgan fingerprint density at radius 3 is 2.41 bits per heavy atom. The highest BCUT2D eigenvalue weighted by Gasteiger charge is 2.15. The van der Waals surface area contributed by atoms with Gasteiger partial charge in [0.1, 0.15) is 0 Å². The van der Waals surface area contributed by atoms with Crippen molar-refractivity contribution in [2.45, 2.75) is 12.8 Å². The Balaban J connectivity index is 1.46. The first-order chi connectivity index (χ1) is 13.2. The lowest BCUT2D eigenvalue weighted by Gasteiger charge is -2.30. The summed E-state index contributed by atoms with van der Waals surface area (Å²) in [6, 6.07) is 17.3. The Hall–Kier alpha value is -2.86. The maximum atomic E-state index is 12.3. The van der Waals surface area contributed by atoms with Gasteiger partial charge in [-0.2, -0.15) is 0 Å². The maximum Gasteiger partial charge on any atom is 0.226 e. The van der Waals surface area contributed by atoms with Gasteiger partial charge in [0.05, 0.1) is 31.0 Å². The monoisotopic (exact) mass is 367 g/mol. The molecule has 1 heterocycles. The van der Waals surface area contributed by atoms with Crippen LogP contribution in [0.15, 0.2) is 54.6 Å². The fourth-order valence-corrected chi connectivity index (χ4v) is 3.03. The van der Waals surface area contributed by atoms with Crippen LogP contribution in [-0.2, 0) is 20.7 Å². The van der Waals surface area contributed by atoms with Crippen molar-refractivity contribution in [3.63, 3.8) is 0 Å². The third-order valence-corrected chi connectivity index (χ3v) is 4.41. The number of ether oxygens (including phenoxy) is 1. The summed E-state index contributed by atoms with van der Waals surface area (Å²) in [5.41, 5.74) is 2.75. The second-order valence-corrected chi connectivity index (χ2v) is 6.43. The molecular formula is C21H25N3O3. The first-order valence-corrected chi connectivity index (χ1v) is 9.24. The number of nitrogens with one attached hydrogen (secondary N) is 2. The van der Waals surface area contributed by atoms with E-state index in [1.807, 2.05) is 54.6 Å². The summed E-state index contributed by atoms with van der Waals surface area (Å²) in [4.78, 5) is 26.4. The van der Waals surface area contributed by atoms with Gasteiger partial charge in [-0.25, -0.2) is 0 Å². The first kappa shape index (κ1) is 18.9. The number of anilines is 2. The Labute approximate surface area is 159 Å². The van der Waals surface area contributed by atoms with Crippen LogP contribution < -0.4 is 15.5 Å². The van der Waals surface area contributed by atoms with Gasteiger partial charge in [-0.1, -0.05) is 42.5 Å². The highest BCUT2D eigenvalue weighted by Crippen LogP contribution is 2.26. The minimum atomic E-state index is -0.115. The zero-order chi connectivity index (χ0) is 18.9. The molecule has 1 aliphatic rings. The third-order valence-electron chi connectivity index (χ3n) is 4.41. The molecule has 1 fully saturated rings. The number of hydrogen-bond donors (Lipinski definition) is 2. The molecule has 0 unspecified atom stereocenters. The molecule has 2 N–H and O–H groups in total. The Kier molecular flexibility index (Phi) is 6.82. The number of nitrogens with zero attached hydrogens (tertiary/aromatic N) is 1. The summed E-state index contributed by atoms with van der Waals surface area (Å²) in [7, 11) is 0. The molecule has 6 nitrogen and oxygen atoms in total. The Bertz CT molecular complexity index is 758. The number of carbonyl (C=O) groups excluding carboxylic acids is 2. The average Bonchev–Trinajstić information content (AvgIpc) is 2.70. The van der Waals surface area contributed by atoms with E-state index in [1.165, 1.54) is 0 Å². The van der Waals surface area contributed by atoms with Crippen LogP contribution in [0.5, 0.6) is 0 Å². The van der Waals surface area contributed by atoms with E-state index in [1.54, 1.807) is 0 Å². The molecule has 0 saturated carbocycles. The van der Waals surface area contributed by atoms with E-state index < -0.39 is 0 Å². The van der Waals surface area contributed by atoms with Gasteiger partial charge in [0.25, 0.3) is 0 Å². The third kappa shape index (κ3) is 5.82. The smallest absolute Gasteiger partial charge is 0.226 e. The minimum Gasteiger partial charge on any atom is -0.378 e. The summed E-state index contributed by atoms with van der Waals surface area (Å²) in [6.07, 6.45) is 0.556. The van der Waals surface area contributed by atoms with E-state index in [9.17, 15) is 9.59 Å². The normalized spacial score (nSPS) is 13.9. The zero-order valence-electron chi connectivity index (χ0n) is 15.3. The lowest BCUT2D eigenvalue weighted by molar-refractivity contribution is -0.120. The van der Waals surface area contributed by atoms with Gasteiger partial charge < -0.3 is 20.3 Å². The number of rotatable bonds is 7. The van der Waals surface area contributed by atoms with Crippen LogP contribution in [0.2, 0.25) is 0 Å². The zero-order valence-corrected chi connectivity index (χ0v) is 15.3. The molecular weight excluding hydrogens is 342 g/mol. The van der Waals surface area contributed by atoms with Crippen molar-refractivity contribution in [2.24, 2.45) is 0 Å². The highest BCUT2D eigenvalue weighted by molar-refractivity contribution is 5.94. The maximum absolute atomic E-state index is 12.3. The van der Waals surface area contributed by atoms with E-state index in [-0.39, 0.29) is 18.2 Å². The standard InChI is InChI=1S/C21H25N3O3/c25-20(10-11-22-21(26)16-17-6-2-1-3-7-17)23-18-8-4-5-9-19(18)24-12-14-27-15-13-24/h1-9H,10-16H2,(H,22,26)(H,23,25). The van der Waals surface area contributed by atoms with Crippen LogP contribution in [0.1, 0.15) is 12.0 Å². The molecule has 142 valence electrons. The van der Waals surface area contributed by atoms with Crippen molar-refractivity contribution in [1.29, 1.82) is 0 Å². The van der Waals surface area contributed by atoms with E-state index in [2.05, 4.69) is 15.5 Å². The van der Waals surface area contributed by atoms with Crippen molar-refractivity contribution >= 4 is 23.2 Å². The molecule has 0 aromatic heterocycles.